The molecule has 2 aromatic heterocycles. The first kappa shape index (κ1) is 23.6. The summed E-state index contributed by atoms with van der Waals surface area (Å²) < 4.78 is 10.9. The molecule has 1 amide bonds. The van der Waals surface area contributed by atoms with Crippen LogP contribution in [0.2, 0.25) is 5.02 Å². The predicted molar refractivity (Wildman–Crippen MR) is 132 cm³/mol. The quantitative estimate of drug-likeness (QED) is 0.201. The number of carbonyl (C=O) groups excluding carboxylic acids is 2. The first-order chi connectivity index (χ1) is 17.2. The summed E-state index contributed by atoms with van der Waals surface area (Å²) >= 11 is 7.02. The molecule has 0 bridgehead atoms. The Morgan fingerprint density at radius 3 is 2.78 bits per heavy atom. The monoisotopic (exact) mass is 525 g/mol. The Kier molecular flexibility index (Phi) is 5.81. The number of nitro groups is 1. The minimum atomic E-state index is -1.09. The number of anilines is 1. The number of nitro benzene ring substituents is 1. The van der Waals surface area contributed by atoms with Gasteiger partial charge in [-0.05, 0) is 37.6 Å². The molecule has 0 aliphatic carbocycles. The first-order valence-electron chi connectivity index (χ1n) is 10.7. The zero-order valence-electron chi connectivity index (χ0n) is 18.8. The maximum Gasteiger partial charge on any atom is 0.350 e. The van der Waals surface area contributed by atoms with Crippen molar-refractivity contribution in [2.45, 2.75) is 19.9 Å². The molecular weight excluding hydrogens is 510 g/mol. The number of aromatic nitrogens is 1. The standard InChI is InChI=1S/C24H16ClN3O7S/c1-3-34-23(31)21-11(2)26-24(36-21)27-18(12-5-4-6-14(9-12)28(32)33)17-19(29)15-10-13(25)7-8-16(15)35-20(17)22(27)30/h4-10,18H,3H2,1-2H3. The molecule has 1 aliphatic rings. The molecule has 1 aliphatic heterocycles. The molecule has 5 rings (SSSR count). The SMILES string of the molecule is CCOC(=O)c1sc(N2C(=O)c3oc4ccc(Cl)cc4c(=O)c3C2c2cccc([N+](=O)[O-])c2)nc1C. The molecule has 1 atom stereocenters. The van der Waals surface area contributed by atoms with Gasteiger partial charge in [-0.3, -0.25) is 24.6 Å². The Balaban J connectivity index is 1.77. The number of halogens is 1. The number of rotatable bonds is 5. The molecule has 3 heterocycles. The molecule has 36 heavy (non-hydrogen) atoms. The number of hydrogen-bond donors (Lipinski definition) is 0. The minimum absolute atomic E-state index is 0.000743. The van der Waals surface area contributed by atoms with Crippen molar-refractivity contribution in [2.75, 3.05) is 11.5 Å². The molecular formula is C24H16ClN3O7S. The highest BCUT2D eigenvalue weighted by molar-refractivity contribution is 7.17. The molecule has 182 valence electrons. The van der Waals surface area contributed by atoms with Crippen LogP contribution in [0.4, 0.5) is 10.8 Å². The van der Waals surface area contributed by atoms with Crippen molar-refractivity contribution in [3.63, 3.8) is 0 Å². The Hall–Kier alpha value is -4.09. The molecule has 0 spiro atoms. The van der Waals surface area contributed by atoms with Crippen LogP contribution in [0.15, 0.2) is 51.7 Å². The van der Waals surface area contributed by atoms with Gasteiger partial charge in [0.1, 0.15) is 10.5 Å². The Labute approximate surface area is 211 Å². The zero-order valence-corrected chi connectivity index (χ0v) is 20.4. The van der Waals surface area contributed by atoms with E-state index in [9.17, 15) is 24.5 Å². The number of carbonyl (C=O) groups is 2. The van der Waals surface area contributed by atoms with Gasteiger partial charge in [0.2, 0.25) is 5.76 Å². The molecule has 10 nitrogen and oxygen atoms in total. The maximum atomic E-state index is 13.7. The van der Waals surface area contributed by atoms with Crippen LogP contribution in [0.5, 0.6) is 0 Å². The molecule has 1 unspecified atom stereocenters. The number of hydrogen-bond acceptors (Lipinski definition) is 9. The topological polar surface area (TPSA) is 133 Å². The molecule has 12 heteroatoms. The fourth-order valence-corrected chi connectivity index (χ4v) is 5.30. The van der Waals surface area contributed by atoms with Crippen molar-refractivity contribution in [3.8, 4) is 0 Å². The van der Waals surface area contributed by atoms with E-state index in [0.717, 1.165) is 11.3 Å². The molecule has 4 aromatic rings. The van der Waals surface area contributed by atoms with Gasteiger partial charge in [0.15, 0.2) is 10.6 Å². The van der Waals surface area contributed by atoms with E-state index in [4.69, 9.17) is 20.8 Å². The maximum absolute atomic E-state index is 13.7. The van der Waals surface area contributed by atoms with Gasteiger partial charge in [0.25, 0.3) is 11.6 Å². The van der Waals surface area contributed by atoms with Gasteiger partial charge >= 0.3 is 5.97 Å². The third-order valence-corrected chi connectivity index (χ3v) is 7.05. The average molecular weight is 526 g/mol. The number of amides is 1. The van der Waals surface area contributed by atoms with Crippen molar-refractivity contribution >= 4 is 56.6 Å². The van der Waals surface area contributed by atoms with Gasteiger partial charge in [-0.1, -0.05) is 35.1 Å². The van der Waals surface area contributed by atoms with Gasteiger partial charge in [0, 0.05) is 17.2 Å². The fourth-order valence-electron chi connectivity index (χ4n) is 4.14. The second-order valence-electron chi connectivity index (χ2n) is 7.88. The Morgan fingerprint density at radius 1 is 1.28 bits per heavy atom. The van der Waals surface area contributed by atoms with E-state index in [-0.39, 0.29) is 44.6 Å². The lowest BCUT2D eigenvalue weighted by Crippen LogP contribution is -2.29. The van der Waals surface area contributed by atoms with Gasteiger partial charge in [-0.2, -0.15) is 0 Å². The lowest BCUT2D eigenvalue weighted by Gasteiger charge is -2.22. The Bertz CT molecular complexity index is 1640. The van der Waals surface area contributed by atoms with E-state index in [0.29, 0.717) is 16.3 Å². The molecule has 0 N–H and O–H groups in total. The molecule has 0 fully saturated rings. The normalized spacial score (nSPS) is 14.8. The second-order valence-corrected chi connectivity index (χ2v) is 9.29. The van der Waals surface area contributed by atoms with Crippen molar-refractivity contribution < 1.29 is 23.7 Å². The number of fused-ring (bicyclic) bond motifs is 2. The van der Waals surface area contributed by atoms with E-state index < -0.39 is 28.3 Å². The van der Waals surface area contributed by atoms with Crippen molar-refractivity contribution in [1.29, 1.82) is 0 Å². The fraction of sp³-hybridized carbons (Fsp3) is 0.167. The van der Waals surface area contributed by atoms with Crippen LogP contribution in [-0.2, 0) is 4.74 Å². The summed E-state index contributed by atoms with van der Waals surface area (Å²) in [6.07, 6.45) is 0. The summed E-state index contributed by atoms with van der Waals surface area (Å²) in [5.41, 5.74) is 0.0883. The summed E-state index contributed by atoms with van der Waals surface area (Å²) in [5, 5.41) is 12.0. The van der Waals surface area contributed by atoms with Gasteiger partial charge in [-0.15, -0.1) is 0 Å². The number of nitrogens with zero attached hydrogens (tertiary/aromatic N) is 3. The van der Waals surface area contributed by atoms with Crippen molar-refractivity contribution in [2.24, 2.45) is 0 Å². The third-order valence-electron chi connectivity index (χ3n) is 5.68. The average Bonchev–Trinajstić information content (AvgIpc) is 3.37. The number of ether oxygens (including phenoxy) is 1. The number of esters is 1. The van der Waals surface area contributed by atoms with Gasteiger partial charge < -0.3 is 9.15 Å². The molecule has 2 aromatic carbocycles. The van der Waals surface area contributed by atoms with E-state index in [1.165, 1.54) is 41.3 Å². The van der Waals surface area contributed by atoms with Crippen LogP contribution < -0.4 is 10.3 Å². The minimum Gasteiger partial charge on any atom is -0.462 e. The van der Waals surface area contributed by atoms with E-state index >= 15 is 0 Å². The van der Waals surface area contributed by atoms with Crippen LogP contribution in [0.3, 0.4) is 0 Å². The molecule has 0 radical (unpaired) electrons. The number of aryl methyl sites for hydroxylation is 1. The van der Waals surface area contributed by atoms with Crippen LogP contribution in [-0.4, -0.2) is 28.4 Å². The highest BCUT2D eigenvalue weighted by atomic mass is 35.5. The second kappa shape index (κ2) is 8.85. The van der Waals surface area contributed by atoms with Crippen LogP contribution in [0, 0.1) is 17.0 Å². The molecule has 0 saturated carbocycles. The third kappa shape index (κ3) is 3.73. The van der Waals surface area contributed by atoms with Crippen LogP contribution >= 0.6 is 22.9 Å². The highest BCUT2D eigenvalue weighted by Gasteiger charge is 2.45. The smallest absolute Gasteiger partial charge is 0.350 e. The van der Waals surface area contributed by atoms with Crippen molar-refractivity contribution in [1.82, 2.24) is 4.98 Å². The number of non-ortho nitro benzene ring substituents is 1. The van der Waals surface area contributed by atoms with Crippen LogP contribution in [0.25, 0.3) is 11.0 Å². The van der Waals surface area contributed by atoms with Gasteiger partial charge in [0.05, 0.1) is 34.2 Å². The van der Waals surface area contributed by atoms with Gasteiger partial charge in [-0.25, -0.2) is 9.78 Å². The largest absolute Gasteiger partial charge is 0.462 e. The van der Waals surface area contributed by atoms with Crippen molar-refractivity contribution in [3.05, 3.63) is 95.3 Å². The molecule has 0 saturated heterocycles. The van der Waals surface area contributed by atoms with E-state index in [2.05, 4.69) is 4.98 Å². The number of thiazole rings is 1. The lowest BCUT2D eigenvalue weighted by molar-refractivity contribution is -0.384. The van der Waals surface area contributed by atoms with E-state index in [1.807, 2.05) is 0 Å². The summed E-state index contributed by atoms with van der Waals surface area (Å²) in [6, 6.07) is 9.00. The summed E-state index contributed by atoms with van der Waals surface area (Å²) in [5.74, 6) is -1.47. The summed E-state index contributed by atoms with van der Waals surface area (Å²) in [4.78, 5) is 56.4. The highest BCUT2D eigenvalue weighted by Crippen LogP contribution is 2.43. The van der Waals surface area contributed by atoms with E-state index in [1.54, 1.807) is 19.9 Å². The first-order valence-corrected chi connectivity index (χ1v) is 11.9. The predicted octanol–water partition coefficient (Wildman–Crippen LogP) is 5.05. The lowest BCUT2D eigenvalue weighted by atomic mass is 9.98. The Morgan fingerprint density at radius 2 is 2.06 bits per heavy atom. The zero-order chi connectivity index (χ0) is 25.7. The summed E-state index contributed by atoms with van der Waals surface area (Å²) in [7, 11) is 0. The number of benzene rings is 2. The summed E-state index contributed by atoms with van der Waals surface area (Å²) in [6.45, 7) is 3.42. The van der Waals surface area contributed by atoms with Crippen LogP contribution in [0.1, 0.15) is 50.0 Å².